The fraction of sp³-hybridized carbons (Fsp3) is 0.222. The number of halogens is 1. The Morgan fingerprint density at radius 3 is 2.29 bits per heavy atom. The number of fused-ring (bicyclic) bond motifs is 1. The molecule has 0 atom stereocenters. The number of ether oxygens (including phenoxy) is 2. The van der Waals surface area contributed by atoms with Crippen LogP contribution >= 0.6 is 0 Å². The van der Waals surface area contributed by atoms with Crippen LogP contribution < -0.4 is 14.8 Å². The summed E-state index contributed by atoms with van der Waals surface area (Å²) < 4.78 is 26.0. The van der Waals surface area contributed by atoms with E-state index >= 15 is 0 Å². The minimum atomic E-state index is -1.02. The van der Waals surface area contributed by atoms with E-state index in [0.717, 1.165) is 27.8 Å². The summed E-state index contributed by atoms with van der Waals surface area (Å²) >= 11 is 0. The Morgan fingerprint density at radius 1 is 0.971 bits per heavy atom. The third kappa shape index (κ3) is 5.05. The van der Waals surface area contributed by atoms with E-state index in [1.54, 1.807) is 23.8 Å². The molecule has 0 unspecified atom stereocenters. The first-order chi connectivity index (χ1) is 16.5. The van der Waals surface area contributed by atoms with Gasteiger partial charge >= 0.3 is 5.97 Å². The molecule has 2 N–H and O–H groups in total. The van der Waals surface area contributed by atoms with Crippen LogP contribution in [0, 0.1) is 5.82 Å². The summed E-state index contributed by atoms with van der Waals surface area (Å²) in [5, 5.41) is 14.3. The van der Waals surface area contributed by atoms with E-state index < -0.39 is 5.97 Å². The van der Waals surface area contributed by atoms with Crippen LogP contribution in [-0.2, 0) is 19.6 Å². The van der Waals surface area contributed by atoms with Crippen LogP contribution in [0.5, 0.6) is 11.5 Å². The Labute approximate surface area is 197 Å². The lowest BCUT2D eigenvalue weighted by molar-refractivity contribution is 0.0684. The predicted molar refractivity (Wildman–Crippen MR) is 129 cm³/mol. The molecule has 0 radical (unpaired) electrons. The number of benzene rings is 3. The van der Waals surface area contributed by atoms with E-state index in [4.69, 9.17) is 9.47 Å². The number of carbonyl (C=O) groups is 1. The van der Waals surface area contributed by atoms with Crippen LogP contribution in [0.1, 0.15) is 34.1 Å². The second-order valence-corrected chi connectivity index (χ2v) is 7.91. The molecule has 0 spiro atoms. The molecule has 0 aliphatic rings. The maximum Gasteiger partial charge on any atom is 0.352 e. The normalized spacial score (nSPS) is 11.0. The van der Waals surface area contributed by atoms with Gasteiger partial charge in [-0.25, -0.2) is 9.18 Å². The first kappa shape index (κ1) is 23.3. The second kappa shape index (κ2) is 10.4. The Kier molecular flexibility index (Phi) is 7.13. The monoisotopic (exact) mass is 462 g/mol. The number of carboxylic acid groups (broad SMARTS) is 1. The van der Waals surface area contributed by atoms with E-state index in [9.17, 15) is 14.3 Å². The van der Waals surface area contributed by atoms with Crippen molar-refractivity contribution in [1.29, 1.82) is 0 Å². The number of hydrogen-bond donors (Lipinski definition) is 2. The Balaban J connectivity index is 1.66. The number of methoxy groups -OCH3 is 1. The van der Waals surface area contributed by atoms with Crippen molar-refractivity contribution in [2.45, 2.75) is 26.6 Å². The third-order valence-electron chi connectivity index (χ3n) is 5.70. The maximum atomic E-state index is 13.4. The van der Waals surface area contributed by atoms with Gasteiger partial charge in [0, 0.05) is 36.7 Å². The Bertz CT molecular complexity index is 1280. The van der Waals surface area contributed by atoms with Gasteiger partial charge in [0.05, 0.1) is 19.2 Å². The van der Waals surface area contributed by atoms with Crippen LogP contribution in [0.2, 0.25) is 0 Å². The van der Waals surface area contributed by atoms with E-state index in [2.05, 4.69) is 5.32 Å². The topological polar surface area (TPSA) is 72.7 Å². The molecule has 0 amide bonds. The van der Waals surface area contributed by atoms with Crippen molar-refractivity contribution in [3.8, 4) is 11.5 Å². The number of rotatable bonds is 10. The number of carboxylic acids is 1. The van der Waals surface area contributed by atoms with Crippen molar-refractivity contribution in [3.05, 3.63) is 94.9 Å². The van der Waals surface area contributed by atoms with Crippen LogP contribution in [0.15, 0.2) is 66.7 Å². The average molecular weight is 463 g/mol. The molecule has 0 saturated carbocycles. The lowest BCUT2D eigenvalue weighted by Gasteiger charge is -2.11. The van der Waals surface area contributed by atoms with Gasteiger partial charge in [-0.15, -0.1) is 0 Å². The van der Waals surface area contributed by atoms with Crippen molar-refractivity contribution < 1.29 is 23.8 Å². The van der Waals surface area contributed by atoms with E-state index in [0.29, 0.717) is 37.6 Å². The molecular formula is C27H27FN2O4. The van der Waals surface area contributed by atoms with Crippen molar-refractivity contribution in [1.82, 2.24) is 9.88 Å². The molecule has 0 aliphatic carbocycles. The van der Waals surface area contributed by atoms with Gasteiger partial charge in [-0.05, 0) is 54.4 Å². The molecule has 1 aromatic heterocycles. The fourth-order valence-corrected chi connectivity index (χ4v) is 4.09. The molecule has 3 aromatic carbocycles. The molecule has 1 heterocycles. The molecule has 4 rings (SSSR count). The number of nitrogens with zero attached hydrogens (tertiary/aromatic N) is 1. The number of aromatic carboxylic acids is 1. The maximum absolute atomic E-state index is 13.4. The van der Waals surface area contributed by atoms with Gasteiger partial charge in [-0.3, -0.25) is 0 Å². The standard InChI is InChI=1S/C27H27FN2O4/c1-3-34-21-10-6-18(7-11-21)15-29-16-24-23-13-12-22(33-2)14-25(23)30(26(24)27(31)32)17-19-4-8-20(28)9-5-19/h4-14,29H,3,15-17H2,1-2H3,(H,31,32). The lowest BCUT2D eigenvalue weighted by Crippen LogP contribution is -2.17. The summed E-state index contributed by atoms with van der Waals surface area (Å²) in [5.41, 5.74) is 3.51. The highest BCUT2D eigenvalue weighted by Gasteiger charge is 2.23. The lowest BCUT2D eigenvalue weighted by atomic mass is 10.1. The van der Waals surface area contributed by atoms with Gasteiger partial charge in [-0.1, -0.05) is 24.3 Å². The molecule has 6 nitrogen and oxygen atoms in total. The van der Waals surface area contributed by atoms with E-state index in [1.165, 1.54) is 12.1 Å². The number of nitrogens with one attached hydrogen (secondary N) is 1. The van der Waals surface area contributed by atoms with Crippen molar-refractivity contribution in [2.75, 3.05) is 13.7 Å². The predicted octanol–water partition coefficient (Wildman–Crippen LogP) is 5.22. The van der Waals surface area contributed by atoms with Crippen molar-refractivity contribution in [3.63, 3.8) is 0 Å². The molecule has 176 valence electrons. The summed E-state index contributed by atoms with van der Waals surface area (Å²) in [5.74, 6) is 0.101. The molecule has 34 heavy (non-hydrogen) atoms. The second-order valence-electron chi connectivity index (χ2n) is 7.91. The molecule has 0 saturated heterocycles. The van der Waals surface area contributed by atoms with Gasteiger partial charge in [0.2, 0.25) is 0 Å². The number of hydrogen-bond acceptors (Lipinski definition) is 4. The summed E-state index contributed by atoms with van der Waals surface area (Å²) in [6, 6.07) is 19.4. The molecule has 0 bridgehead atoms. The molecular weight excluding hydrogens is 435 g/mol. The highest BCUT2D eigenvalue weighted by atomic mass is 19.1. The minimum absolute atomic E-state index is 0.201. The Hall–Kier alpha value is -3.84. The van der Waals surface area contributed by atoms with Crippen LogP contribution in [0.3, 0.4) is 0 Å². The van der Waals surface area contributed by atoms with Gasteiger partial charge in [-0.2, -0.15) is 0 Å². The number of aromatic nitrogens is 1. The van der Waals surface area contributed by atoms with Gasteiger partial charge in [0.15, 0.2) is 0 Å². The first-order valence-electron chi connectivity index (χ1n) is 11.1. The van der Waals surface area contributed by atoms with Gasteiger partial charge in [0.1, 0.15) is 23.0 Å². The molecule has 4 aromatic rings. The van der Waals surface area contributed by atoms with E-state index in [1.807, 2.05) is 49.4 Å². The SMILES string of the molecule is CCOc1ccc(CNCc2c(C(=O)O)n(Cc3ccc(F)cc3)c3cc(OC)ccc23)cc1. The smallest absolute Gasteiger partial charge is 0.352 e. The molecule has 7 heteroatoms. The average Bonchev–Trinajstić information content (AvgIpc) is 3.14. The molecule has 0 aliphatic heterocycles. The first-order valence-corrected chi connectivity index (χ1v) is 11.1. The van der Waals surface area contributed by atoms with Crippen LogP contribution in [0.25, 0.3) is 10.9 Å². The van der Waals surface area contributed by atoms with E-state index in [-0.39, 0.29) is 11.5 Å². The summed E-state index contributed by atoms with van der Waals surface area (Å²) in [6.45, 7) is 3.80. The van der Waals surface area contributed by atoms with Crippen LogP contribution in [-0.4, -0.2) is 29.4 Å². The van der Waals surface area contributed by atoms with Crippen molar-refractivity contribution in [2.24, 2.45) is 0 Å². The highest BCUT2D eigenvalue weighted by Crippen LogP contribution is 2.31. The Morgan fingerprint density at radius 2 is 1.65 bits per heavy atom. The molecule has 0 fully saturated rings. The largest absolute Gasteiger partial charge is 0.497 e. The summed E-state index contributed by atoms with van der Waals surface area (Å²) in [4.78, 5) is 12.4. The highest BCUT2D eigenvalue weighted by molar-refractivity contribution is 5.98. The van der Waals surface area contributed by atoms with Crippen LogP contribution in [0.4, 0.5) is 4.39 Å². The third-order valence-corrected chi connectivity index (χ3v) is 5.70. The zero-order chi connectivity index (χ0) is 24.1. The minimum Gasteiger partial charge on any atom is -0.497 e. The van der Waals surface area contributed by atoms with Gasteiger partial charge < -0.3 is 24.5 Å². The zero-order valence-electron chi connectivity index (χ0n) is 19.2. The summed E-state index contributed by atoms with van der Waals surface area (Å²) in [7, 11) is 1.58. The zero-order valence-corrected chi connectivity index (χ0v) is 19.2. The van der Waals surface area contributed by atoms with Gasteiger partial charge in [0.25, 0.3) is 0 Å². The fourth-order valence-electron chi connectivity index (χ4n) is 4.09. The van der Waals surface area contributed by atoms with Crippen molar-refractivity contribution >= 4 is 16.9 Å². The summed E-state index contributed by atoms with van der Waals surface area (Å²) in [6.07, 6.45) is 0. The quantitative estimate of drug-likeness (QED) is 0.338.